The summed E-state index contributed by atoms with van der Waals surface area (Å²) in [7, 11) is 0. The number of thiocarbonyl (C=S) groups is 1. The van der Waals surface area contributed by atoms with Crippen molar-refractivity contribution >= 4 is 75.1 Å². The van der Waals surface area contributed by atoms with Crippen molar-refractivity contribution in [3.8, 4) is 0 Å². The lowest BCUT2D eigenvalue weighted by molar-refractivity contribution is 0.628. The van der Waals surface area contributed by atoms with Crippen molar-refractivity contribution in [3.05, 3.63) is 56.2 Å². The molecule has 2 rings (SSSR count). The maximum absolute atomic E-state index is 13.1. The van der Waals surface area contributed by atoms with Crippen LogP contribution in [0.25, 0.3) is 0 Å². The molecule has 0 aliphatic carbocycles. The van der Waals surface area contributed by atoms with Crippen LogP contribution in [0, 0.1) is 5.82 Å². The van der Waals surface area contributed by atoms with E-state index in [1.165, 1.54) is 24.3 Å². The van der Waals surface area contributed by atoms with Gasteiger partial charge in [0.25, 0.3) is 0 Å². The van der Waals surface area contributed by atoms with Gasteiger partial charge in [-0.1, -0.05) is 46.4 Å². The molecule has 21 heavy (non-hydrogen) atoms. The summed E-state index contributed by atoms with van der Waals surface area (Å²) in [5.74, 6) is -0.506. The lowest BCUT2D eigenvalue weighted by Crippen LogP contribution is -2.19. The lowest BCUT2D eigenvalue weighted by Gasteiger charge is -2.13. The highest BCUT2D eigenvalue weighted by Gasteiger charge is 2.08. The first kappa shape index (κ1) is 16.6. The maximum atomic E-state index is 13.1. The van der Waals surface area contributed by atoms with Gasteiger partial charge in [0.2, 0.25) is 0 Å². The largest absolute Gasteiger partial charge is 0.332 e. The second-order valence-electron chi connectivity index (χ2n) is 3.95. The van der Waals surface area contributed by atoms with Gasteiger partial charge in [0.1, 0.15) is 5.82 Å². The molecule has 0 aliphatic rings. The number of anilines is 2. The van der Waals surface area contributed by atoms with Gasteiger partial charge in [-0.25, -0.2) is 4.39 Å². The summed E-state index contributed by atoms with van der Waals surface area (Å²) in [6.45, 7) is 0. The van der Waals surface area contributed by atoms with Gasteiger partial charge < -0.3 is 10.6 Å². The number of hydrogen-bond donors (Lipinski definition) is 2. The number of halogens is 5. The van der Waals surface area contributed by atoms with Crippen LogP contribution in [0.15, 0.2) is 30.3 Å². The molecule has 0 saturated heterocycles. The third-order valence-corrected chi connectivity index (χ3v) is 3.96. The molecule has 0 spiro atoms. The van der Waals surface area contributed by atoms with Crippen molar-refractivity contribution in [3.63, 3.8) is 0 Å². The number of nitrogens with one attached hydrogen (secondary N) is 2. The predicted molar refractivity (Wildman–Crippen MR) is 92.7 cm³/mol. The highest BCUT2D eigenvalue weighted by atomic mass is 35.5. The molecule has 0 bridgehead atoms. The molecule has 110 valence electrons. The normalized spacial score (nSPS) is 10.3. The molecule has 0 fully saturated rings. The van der Waals surface area contributed by atoms with E-state index in [2.05, 4.69) is 10.6 Å². The molecule has 2 aromatic carbocycles. The number of hydrogen-bond acceptors (Lipinski definition) is 1. The van der Waals surface area contributed by atoms with Crippen LogP contribution in [0.4, 0.5) is 15.8 Å². The fourth-order valence-corrected chi connectivity index (χ4v) is 2.48. The SMILES string of the molecule is Fc1ccc(NC(=S)Nc2cc(Cl)c(Cl)cc2Cl)cc1Cl. The van der Waals surface area contributed by atoms with Crippen LogP contribution in [-0.4, -0.2) is 5.11 Å². The fraction of sp³-hybridized carbons (Fsp3) is 0. The standard InChI is InChI=1S/C13H7Cl4FN2S/c14-7-4-10(17)12(5-8(7)15)20-13(21)19-6-1-2-11(18)9(16)3-6/h1-5H,(H2,19,20,21). The first-order valence-corrected chi connectivity index (χ1v) is 7.46. The van der Waals surface area contributed by atoms with Gasteiger partial charge >= 0.3 is 0 Å². The smallest absolute Gasteiger partial charge is 0.175 e. The van der Waals surface area contributed by atoms with Crippen molar-refractivity contribution < 1.29 is 4.39 Å². The first-order valence-electron chi connectivity index (χ1n) is 5.54. The van der Waals surface area contributed by atoms with Crippen molar-refractivity contribution in [2.24, 2.45) is 0 Å². The van der Waals surface area contributed by atoms with E-state index in [0.717, 1.165) is 0 Å². The van der Waals surface area contributed by atoms with Crippen LogP contribution in [0.5, 0.6) is 0 Å². The average Bonchev–Trinajstić information content (AvgIpc) is 2.40. The molecule has 0 amide bonds. The van der Waals surface area contributed by atoms with Crippen LogP contribution in [-0.2, 0) is 0 Å². The summed E-state index contributed by atoms with van der Waals surface area (Å²) in [5, 5.41) is 7.02. The lowest BCUT2D eigenvalue weighted by atomic mass is 10.3. The average molecular weight is 384 g/mol. The minimum absolute atomic E-state index is 0.00429. The Morgan fingerprint density at radius 2 is 1.52 bits per heavy atom. The quantitative estimate of drug-likeness (QED) is 0.473. The summed E-state index contributed by atoms with van der Waals surface area (Å²) in [6.07, 6.45) is 0. The molecule has 8 heteroatoms. The van der Waals surface area contributed by atoms with Crippen LogP contribution in [0.1, 0.15) is 0 Å². The first-order chi connectivity index (χ1) is 9.86. The topological polar surface area (TPSA) is 24.1 Å². The zero-order valence-corrected chi connectivity index (χ0v) is 14.0. The molecule has 0 saturated carbocycles. The summed E-state index contributed by atoms with van der Waals surface area (Å²) in [6, 6.07) is 7.22. The molecule has 0 aliphatic heterocycles. The highest BCUT2D eigenvalue weighted by molar-refractivity contribution is 7.80. The van der Waals surface area contributed by atoms with Crippen LogP contribution < -0.4 is 10.6 Å². The summed E-state index contributed by atoms with van der Waals surface area (Å²) >= 11 is 28.6. The minimum Gasteiger partial charge on any atom is -0.332 e. The summed E-state index contributed by atoms with van der Waals surface area (Å²) in [4.78, 5) is 0. The monoisotopic (exact) mass is 382 g/mol. The number of benzene rings is 2. The molecule has 0 heterocycles. The van der Waals surface area contributed by atoms with Crippen molar-refractivity contribution in [2.45, 2.75) is 0 Å². The Bertz CT molecular complexity index is 709. The Morgan fingerprint density at radius 3 is 2.19 bits per heavy atom. The van der Waals surface area contributed by atoms with E-state index >= 15 is 0 Å². The molecule has 2 nitrogen and oxygen atoms in total. The van der Waals surface area contributed by atoms with E-state index in [1.807, 2.05) is 0 Å². The van der Waals surface area contributed by atoms with E-state index in [-0.39, 0.29) is 10.1 Å². The maximum Gasteiger partial charge on any atom is 0.175 e. The molecule has 0 atom stereocenters. The highest BCUT2D eigenvalue weighted by Crippen LogP contribution is 2.32. The molecular formula is C13H7Cl4FN2S. The minimum atomic E-state index is -0.506. The third kappa shape index (κ3) is 4.34. The Balaban J connectivity index is 2.11. The predicted octanol–water partition coefficient (Wildman–Crippen LogP) is 6.25. The molecular weight excluding hydrogens is 377 g/mol. The molecule has 0 aromatic heterocycles. The van der Waals surface area contributed by atoms with E-state index in [9.17, 15) is 4.39 Å². The Morgan fingerprint density at radius 1 is 0.857 bits per heavy atom. The number of rotatable bonds is 2. The second-order valence-corrected chi connectivity index (χ2v) is 5.99. The van der Waals surface area contributed by atoms with E-state index < -0.39 is 5.82 Å². The Kier molecular flexibility index (Phi) is 5.52. The molecule has 0 unspecified atom stereocenters. The van der Waals surface area contributed by atoms with Gasteiger partial charge in [-0.2, -0.15) is 0 Å². The van der Waals surface area contributed by atoms with E-state index in [4.69, 9.17) is 58.6 Å². The second kappa shape index (κ2) is 6.99. The van der Waals surface area contributed by atoms with Crippen molar-refractivity contribution in [2.75, 3.05) is 10.6 Å². The fourth-order valence-electron chi connectivity index (χ4n) is 1.48. The van der Waals surface area contributed by atoms with Crippen LogP contribution >= 0.6 is 58.6 Å². The van der Waals surface area contributed by atoms with E-state index in [0.29, 0.717) is 26.4 Å². The summed E-state index contributed by atoms with van der Waals surface area (Å²) < 4.78 is 13.1. The van der Waals surface area contributed by atoms with E-state index in [1.54, 1.807) is 6.07 Å². The zero-order chi connectivity index (χ0) is 15.6. The zero-order valence-electron chi connectivity index (χ0n) is 10.2. The van der Waals surface area contributed by atoms with Crippen LogP contribution in [0.2, 0.25) is 20.1 Å². The Hall–Kier alpha value is -0.780. The molecule has 2 aromatic rings. The third-order valence-electron chi connectivity index (χ3n) is 2.44. The van der Waals surface area contributed by atoms with Gasteiger partial charge in [-0.3, -0.25) is 0 Å². The van der Waals surface area contributed by atoms with Gasteiger partial charge in [-0.05, 0) is 42.5 Å². The van der Waals surface area contributed by atoms with Crippen molar-refractivity contribution in [1.29, 1.82) is 0 Å². The van der Waals surface area contributed by atoms with Gasteiger partial charge in [0.05, 0.1) is 25.8 Å². The van der Waals surface area contributed by atoms with Crippen molar-refractivity contribution in [1.82, 2.24) is 0 Å². The van der Waals surface area contributed by atoms with Crippen LogP contribution in [0.3, 0.4) is 0 Å². The molecule has 2 N–H and O–H groups in total. The van der Waals surface area contributed by atoms with Gasteiger partial charge in [0, 0.05) is 5.69 Å². The van der Waals surface area contributed by atoms with Gasteiger partial charge in [-0.15, -0.1) is 0 Å². The summed E-state index contributed by atoms with van der Waals surface area (Å²) in [5.41, 5.74) is 1.03. The Labute approximate surface area is 146 Å². The van der Waals surface area contributed by atoms with Gasteiger partial charge in [0.15, 0.2) is 5.11 Å². The molecule has 0 radical (unpaired) electrons.